The standard InChI is InChI=1S/C10H13IN2O2/c1-15-10(14)9-8(11)6-13(12-9)7-4-2-3-5-7/h6-7H,2-5H2,1H3. The summed E-state index contributed by atoms with van der Waals surface area (Å²) in [5.41, 5.74) is 0.435. The van der Waals surface area contributed by atoms with Crippen molar-refractivity contribution in [2.24, 2.45) is 0 Å². The average molecular weight is 320 g/mol. The number of nitrogens with zero attached hydrogens (tertiary/aromatic N) is 2. The van der Waals surface area contributed by atoms with E-state index in [0.29, 0.717) is 11.7 Å². The van der Waals surface area contributed by atoms with E-state index in [9.17, 15) is 4.79 Å². The number of carbonyl (C=O) groups excluding carboxylic acids is 1. The van der Waals surface area contributed by atoms with E-state index in [4.69, 9.17) is 0 Å². The van der Waals surface area contributed by atoms with Crippen LogP contribution in [-0.2, 0) is 4.74 Å². The number of carbonyl (C=O) groups is 1. The topological polar surface area (TPSA) is 44.1 Å². The maximum absolute atomic E-state index is 11.4. The molecule has 0 bridgehead atoms. The average Bonchev–Trinajstić information content (AvgIpc) is 2.84. The van der Waals surface area contributed by atoms with Crippen LogP contribution in [0, 0.1) is 3.57 Å². The Kier molecular flexibility index (Phi) is 3.28. The van der Waals surface area contributed by atoms with Crippen LogP contribution in [0.1, 0.15) is 42.2 Å². The Balaban J connectivity index is 2.23. The van der Waals surface area contributed by atoms with E-state index >= 15 is 0 Å². The highest BCUT2D eigenvalue weighted by Crippen LogP contribution is 2.29. The summed E-state index contributed by atoms with van der Waals surface area (Å²) in [5, 5.41) is 4.30. The van der Waals surface area contributed by atoms with Gasteiger partial charge in [0.15, 0.2) is 5.69 Å². The molecular formula is C10H13IN2O2. The number of halogens is 1. The summed E-state index contributed by atoms with van der Waals surface area (Å²) in [6, 6.07) is 0.469. The predicted molar refractivity (Wildman–Crippen MR) is 63.8 cm³/mol. The Bertz CT molecular complexity index is 369. The van der Waals surface area contributed by atoms with Crippen molar-refractivity contribution in [1.29, 1.82) is 0 Å². The fourth-order valence-corrected chi connectivity index (χ4v) is 2.57. The Hall–Kier alpha value is -0.590. The van der Waals surface area contributed by atoms with Crippen LogP contribution in [0.4, 0.5) is 0 Å². The van der Waals surface area contributed by atoms with Gasteiger partial charge in [-0.05, 0) is 35.4 Å². The number of rotatable bonds is 2. The molecule has 4 nitrogen and oxygen atoms in total. The quantitative estimate of drug-likeness (QED) is 0.621. The minimum atomic E-state index is -0.351. The molecule has 0 aliphatic heterocycles. The summed E-state index contributed by atoms with van der Waals surface area (Å²) in [6.07, 6.45) is 6.78. The normalized spacial score (nSPS) is 16.9. The van der Waals surface area contributed by atoms with Crippen LogP contribution < -0.4 is 0 Å². The van der Waals surface area contributed by atoms with Gasteiger partial charge >= 0.3 is 5.97 Å². The molecule has 1 saturated carbocycles. The SMILES string of the molecule is COC(=O)c1nn(C2CCCC2)cc1I. The minimum absolute atomic E-state index is 0.351. The van der Waals surface area contributed by atoms with Crippen LogP contribution >= 0.6 is 22.6 Å². The molecule has 0 radical (unpaired) electrons. The van der Waals surface area contributed by atoms with Crippen molar-refractivity contribution in [3.63, 3.8) is 0 Å². The Morgan fingerprint density at radius 2 is 2.27 bits per heavy atom. The van der Waals surface area contributed by atoms with Crippen LogP contribution in [0.2, 0.25) is 0 Å². The molecule has 0 aromatic carbocycles. The van der Waals surface area contributed by atoms with Gasteiger partial charge in [-0.25, -0.2) is 4.79 Å². The summed E-state index contributed by atoms with van der Waals surface area (Å²) in [6.45, 7) is 0. The largest absolute Gasteiger partial charge is 0.464 e. The van der Waals surface area contributed by atoms with E-state index in [1.807, 2.05) is 10.9 Å². The number of hydrogen-bond donors (Lipinski definition) is 0. The third-order valence-corrected chi connectivity index (χ3v) is 3.55. The van der Waals surface area contributed by atoms with Crippen molar-refractivity contribution in [1.82, 2.24) is 9.78 Å². The molecule has 1 aromatic heterocycles. The lowest BCUT2D eigenvalue weighted by Gasteiger charge is -2.08. The highest BCUT2D eigenvalue weighted by molar-refractivity contribution is 14.1. The van der Waals surface area contributed by atoms with Crippen LogP contribution in [-0.4, -0.2) is 22.9 Å². The zero-order valence-corrected chi connectivity index (χ0v) is 10.7. The highest BCUT2D eigenvalue weighted by Gasteiger charge is 2.22. The monoisotopic (exact) mass is 320 g/mol. The molecule has 82 valence electrons. The first-order chi connectivity index (χ1) is 7.22. The molecule has 0 unspecified atom stereocenters. The molecule has 1 aliphatic rings. The first-order valence-corrected chi connectivity index (χ1v) is 6.13. The highest BCUT2D eigenvalue weighted by atomic mass is 127. The molecule has 0 amide bonds. The van der Waals surface area contributed by atoms with Crippen molar-refractivity contribution < 1.29 is 9.53 Å². The summed E-state index contributed by atoms with van der Waals surface area (Å²) in [7, 11) is 1.38. The van der Waals surface area contributed by atoms with Gasteiger partial charge in [0.25, 0.3) is 0 Å². The predicted octanol–water partition coefficient (Wildman–Crippen LogP) is 2.39. The molecule has 2 rings (SSSR count). The summed E-state index contributed by atoms with van der Waals surface area (Å²) in [5.74, 6) is -0.351. The van der Waals surface area contributed by atoms with Crippen molar-refractivity contribution in [2.45, 2.75) is 31.7 Å². The van der Waals surface area contributed by atoms with E-state index in [-0.39, 0.29) is 5.97 Å². The van der Waals surface area contributed by atoms with Gasteiger partial charge in [0.1, 0.15) is 0 Å². The van der Waals surface area contributed by atoms with Gasteiger partial charge in [0.2, 0.25) is 0 Å². The molecule has 1 aromatic rings. The fourth-order valence-electron chi connectivity index (χ4n) is 1.96. The Morgan fingerprint density at radius 3 is 2.87 bits per heavy atom. The van der Waals surface area contributed by atoms with Gasteiger partial charge in [-0.2, -0.15) is 5.10 Å². The lowest BCUT2D eigenvalue weighted by atomic mass is 10.3. The molecule has 15 heavy (non-hydrogen) atoms. The fraction of sp³-hybridized carbons (Fsp3) is 0.600. The second-order valence-electron chi connectivity index (χ2n) is 3.74. The lowest BCUT2D eigenvalue weighted by Crippen LogP contribution is -2.08. The van der Waals surface area contributed by atoms with E-state index < -0.39 is 0 Å². The van der Waals surface area contributed by atoms with E-state index in [2.05, 4.69) is 32.4 Å². The molecule has 0 spiro atoms. The molecule has 1 heterocycles. The third kappa shape index (κ3) is 2.16. The number of methoxy groups -OCH3 is 1. The van der Waals surface area contributed by atoms with Crippen LogP contribution in [0.15, 0.2) is 6.20 Å². The third-order valence-electron chi connectivity index (χ3n) is 2.76. The van der Waals surface area contributed by atoms with Crippen molar-refractivity contribution in [2.75, 3.05) is 7.11 Å². The second kappa shape index (κ2) is 4.51. The van der Waals surface area contributed by atoms with E-state index in [0.717, 1.165) is 3.57 Å². The zero-order valence-electron chi connectivity index (χ0n) is 8.57. The smallest absolute Gasteiger partial charge is 0.359 e. The first-order valence-electron chi connectivity index (χ1n) is 5.05. The summed E-state index contributed by atoms with van der Waals surface area (Å²) >= 11 is 2.12. The number of hydrogen-bond acceptors (Lipinski definition) is 3. The van der Waals surface area contributed by atoms with Gasteiger partial charge in [-0.1, -0.05) is 12.8 Å². The minimum Gasteiger partial charge on any atom is -0.464 e. The first kappa shape index (κ1) is 10.9. The molecule has 0 N–H and O–H groups in total. The Morgan fingerprint density at radius 1 is 1.60 bits per heavy atom. The number of aromatic nitrogens is 2. The van der Waals surface area contributed by atoms with Gasteiger partial charge < -0.3 is 4.74 Å². The zero-order chi connectivity index (χ0) is 10.8. The second-order valence-corrected chi connectivity index (χ2v) is 4.90. The van der Waals surface area contributed by atoms with Gasteiger partial charge in [-0.3, -0.25) is 4.68 Å². The van der Waals surface area contributed by atoms with E-state index in [1.165, 1.54) is 32.8 Å². The maximum atomic E-state index is 11.4. The number of ether oxygens (including phenoxy) is 1. The van der Waals surface area contributed by atoms with Crippen molar-refractivity contribution >= 4 is 28.6 Å². The van der Waals surface area contributed by atoms with Crippen molar-refractivity contribution in [3.8, 4) is 0 Å². The summed E-state index contributed by atoms with van der Waals surface area (Å²) < 4.78 is 7.46. The molecular weight excluding hydrogens is 307 g/mol. The lowest BCUT2D eigenvalue weighted by molar-refractivity contribution is 0.0591. The van der Waals surface area contributed by atoms with Crippen LogP contribution in [0.3, 0.4) is 0 Å². The molecule has 1 aliphatic carbocycles. The van der Waals surface area contributed by atoms with Gasteiger partial charge in [0, 0.05) is 6.20 Å². The van der Waals surface area contributed by atoms with Gasteiger partial charge in [-0.15, -0.1) is 0 Å². The van der Waals surface area contributed by atoms with Crippen molar-refractivity contribution in [3.05, 3.63) is 15.5 Å². The van der Waals surface area contributed by atoms with Gasteiger partial charge in [0.05, 0.1) is 16.7 Å². The molecule has 5 heteroatoms. The number of esters is 1. The molecule has 1 fully saturated rings. The molecule has 0 atom stereocenters. The summed E-state index contributed by atoms with van der Waals surface area (Å²) in [4.78, 5) is 11.4. The molecule has 0 saturated heterocycles. The Labute approximate surface area is 102 Å². The van der Waals surface area contributed by atoms with Crippen LogP contribution in [0.25, 0.3) is 0 Å². The van der Waals surface area contributed by atoms with E-state index in [1.54, 1.807) is 0 Å². The maximum Gasteiger partial charge on any atom is 0.359 e. The van der Waals surface area contributed by atoms with Crippen LogP contribution in [0.5, 0.6) is 0 Å².